The summed E-state index contributed by atoms with van der Waals surface area (Å²) in [6.07, 6.45) is -1.06. The lowest BCUT2D eigenvalue weighted by Crippen LogP contribution is -2.32. The Bertz CT molecular complexity index is 188. The molecule has 0 aliphatic rings. The van der Waals surface area contributed by atoms with E-state index < -0.39 is 12.3 Å². The van der Waals surface area contributed by atoms with Crippen LogP contribution < -0.4 is 0 Å². The molecule has 0 aliphatic carbocycles. The molecule has 0 N–H and O–H groups in total. The molecule has 7 nitrogen and oxygen atoms in total. The molecular weight excluding hydrogens is 244 g/mol. The molecule has 0 aromatic rings. The van der Waals surface area contributed by atoms with Gasteiger partial charge in [-0.25, -0.2) is 4.79 Å². The first-order chi connectivity index (χ1) is 8.76. The van der Waals surface area contributed by atoms with E-state index in [1.54, 1.807) is 14.2 Å². The van der Waals surface area contributed by atoms with Gasteiger partial charge in [0.2, 0.25) is 0 Å². The van der Waals surface area contributed by atoms with E-state index in [-0.39, 0.29) is 19.8 Å². The molecular formula is C11H22O7. The molecule has 0 amide bonds. The van der Waals surface area contributed by atoms with Gasteiger partial charge in [0, 0.05) is 21.3 Å². The van der Waals surface area contributed by atoms with Crippen molar-refractivity contribution in [3.8, 4) is 0 Å². The standard InChI is InChI=1S/C11H22O7/c1-13-4-7-16-10(12)11(17-8-5-14-2)18-9-6-15-3/h11H,4-9H2,1-3H3. The summed E-state index contributed by atoms with van der Waals surface area (Å²) in [5, 5.41) is 0. The number of carbonyl (C=O) groups is 1. The Labute approximate surface area is 107 Å². The summed E-state index contributed by atoms with van der Waals surface area (Å²) in [6.45, 7) is 1.72. The van der Waals surface area contributed by atoms with E-state index in [0.29, 0.717) is 19.8 Å². The highest BCUT2D eigenvalue weighted by atomic mass is 16.7. The van der Waals surface area contributed by atoms with Gasteiger partial charge in [0.25, 0.3) is 6.29 Å². The lowest BCUT2D eigenvalue weighted by molar-refractivity contribution is -0.200. The molecule has 0 aliphatic heterocycles. The number of hydrogen-bond donors (Lipinski definition) is 0. The summed E-state index contributed by atoms with van der Waals surface area (Å²) in [6, 6.07) is 0. The van der Waals surface area contributed by atoms with Crippen molar-refractivity contribution in [1.29, 1.82) is 0 Å². The summed E-state index contributed by atoms with van der Waals surface area (Å²) in [7, 11) is 4.61. The zero-order valence-electron chi connectivity index (χ0n) is 11.2. The molecule has 0 atom stereocenters. The van der Waals surface area contributed by atoms with Crippen molar-refractivity contribution in [3.63, 3.8) is 0 Å². The summed E-state index contributed by atoms with van der Waals surface area (Å²) in [4.78, 5) is 11.6. The fourth-order valence-electron chi connectivity index (χ4n) is 0.955. The van der Waals surface area contributed by atoms with Crippen LogP contribution >= 0.6 is 0 Å². The van der Waals surface area contributed by atoms with Gasteiger partial charge in [-0.15, -0.1) is 0 Å². The molecule has 7 heteroatoms. The van der Waals surface area contributed by atoms with Crippen molar-refractivity contribution in [2.45, 2.75) is 6.29 Å². The Hall–Kier alpha value is -0.730. The summed E-state index contributed by atoms with van der Waals surface area (Å²) < 4.78 is 29.7. The van der Waals surface area contributed by atoms with Gasteiger partial charge in [0.1, 0.15) is 6.61 Å². The van der Waals surface area contributed by atoms with Gasteiger partial charge in [-0.2, -0.15) is 0 Å². The van der Waals surface area contributed by atoms with Crippen molar-refractivity contribution in [3.05, 3.63) is 0 Å². The SMILES string of the molecule is COCCOC(=O)C(OCCOC)OCCOC. The van der Waals surface area contributed by atoms with Crippen molar-refractivity contribution >= 4 is 5.97 Å². The maximum atomic E-state index is 11.6. The Kier molecular flexibility index (Phi) is 12.2. The minimum Gasteiger partial charge on any atom is -0.459 e. The molecule has 0 aromatic heterocycles. The van der Waals surface area contributed by atoms with Crippen LogP contribution in [0, 0.1) is 0 Å². The van der Waals surface area contributed by atoms with E-state index >= 15 is 0 Å². The van der Waals surface area contributed by atoms with Crippen molar-refractivity contribution in [2.24, 2.45) is 0 Å². The fraction of sp³-hybridized carbons (Fsp3) is 0.909. The second-order valence-corrected chi connectivity index (χ2v) is 3.22. The molecule has 0 radical (unpaired) electrons. The van der Waals surface area contributed by atoms with Crippen molar-refractivity contribution in [2.75, 3.05) is 61.0 Å². The third-order valence-electron chi connectivity index (χ3n) is 1.84. The number of esters is 1. The van der Waals surface area contributed by atoms with E-state index in [4.69, 9.17) is 28.4 Å². The number of hydrogen-bond acceptors (Lipinski definition) is 7. The maximum absolute atomic E-state index is 11.6. The molecule has 0 fully saturated rings. The predicted molar refractivity (Wildman–Crippen MR) is 62.3 cm³/mol. The van der Waals surface area contributed by atoms with E-state index in [0.717, 1.165) is 0 Å². The maximum Gasteiger partial charge on any atom is 0.363 e. The Morgan fingerprint density at radius 1 is 0.778 bits per heavy atom. The van der Waals surface area contributed by atoms with Gasteiger partial charge < -0.3 is 28.4 Å². The normalized spacial score (nSPS) is 10.9. The van der Waals surface area contributed by atoms with Crippen LogP contribution in [-0.4, -0.2) is 73.2 Å². The molecule has 0 saturated carbocycles. The first kappa shape index (κ1) is 17.3. The Morgan fingerprint density at radius 3 is 1.67 bits per heavy atom. The topological polar surface area (TPSA) is 72.5 Å². The van der Waals surface area contributed by atoms with Gasteiger partial charge in [-0.05, 0) is 0 Å². The monoisotopic (exact) mass is 266 g/mol. The largest absolute Gasteiger partial charge is 0.459 e. The molecule has 0 spiro atoms. The van der Waals surface area contributed by atoms with E-state index in [1.807, 2.05) is 0 Å². The molecule has 0 unspecified atom stereocenters. The zero-order chi connectivity index (χ0) is 13.6. The van der Waals surface area contributed by atoms with Crippen LogP contribution in [-0.2, 0) is 33.2 Å². The molecule has 0 heterocycles. The third-order valence-corrected chi connectivity index (χ3v) is 1.84. The van der Waals surface area contributed by atoms with Gasteiger partial charge in [0.15, 0.2) is 0 Å². The lowest BCUT2D eigenvalue weighted by Gasteiger charge is -2.17. The molecule has 0 saturated heterocycles. The number of methoxy groups -OCH3 is 3. The number of ether oxygens (including phenoxy) is 6. The first-order valence-electron chi connectivity index (χ1n) is 5.63. The van der Waals surface area contributed by atoms with Crippen LogP contribution in [0.3, 0.4) is 0 Å². The number of rotatable bonds is 12. The van der Waals surface area contributed by atoms with Crippen LogP contribution in [0.5, 0.6) is 0 Å². The highest BCUT2D eigenvalue weighted by Gasteiger charge is 2.21. The third kappa shape index (κ3) is 9.32. The zero-order valence-corrected chi connectivity index (χ0v) is 11.2. The highest BCUT2D eigenvalue weighted by molar-refractivity contribution is 5.73. The minimum atomic E-state index is -1.06. The van der Waals surface area contributed by atoms with Crippen LogP contribution in [0.2, 0.25) is 0 Å². The minimum absolute atomic E-state index is 0.160. The van der Waals surface area contributed by atoms with Crippen LogP contribution in [0.1, 0.15) is 0 Å². The summed E-state index contributed by atoms with van der Waals surface area (Å²) >= 11 is 0. The average molecular weight is 266 g/mol. The van der Waals surface area contributed by atoms with E-state index in [1.165, 1.54) is 7.11 Å². The summed E-state index contributed by atoms with van der Waals surface area (Å²) in [5.41, 5.74) is 0. The van der Waals surface area contributed by atoms with Crippen LogP contribution in [0.25, 0.3) is 0 Å². The highest BCUT2D eigenvalue weighted by Crippen LogP contribution is 1.99. The second kappa shape index (κ2) is 12.7. The lowest BCUT2D eigenvalue weighted by atomic mass is 10.6. The fourth-order valence-corrected chi connectivity index (χ4v) is 0.955. The molecule has 18 heavy (non-hydrogen) atoms. The van der Waals surface area contributed by atoms with Crippen molar-refractivity contribution < 1.29 is 33.2 Å². The van der Waals surface area contributed by atoms with Gasteiger partial charge >= 0.3 is 5.97 Å². The molecule has 0 aromatic carbocycles. The smallest absolute Gasteiger partial charge is 0.363 e. The van der Waals surface area contributed by atoms with Crippen molar-refractivity contribution in [1.82, 2.24) is 0 Å². The second-order valence-electron chi connectivity index (χ2n) is 3.22. The Balaban J connectivity index is 3.95. The molecule has 0 rings (SSSR count). The van der Waals surface area contributed by atoms with E-state index in [2.05, 4.69) is 0 Å². The molecule has 0 bridgehead atoms. The molecule has 108 valence electrons. The quantitative estimate of drug-likeness (QED) is 0.276. The number of carbonyl (C=O) groups excluding carboxylic acids is 1. The van der Waals surface area contributed by atoms with E-state index in [9.17, 15) is 4.79 Å². The average Bonchev–Trinajstić information content (AvgIpc) is 2.37. The summed E-state index contributed by atoms with van der Waals surface area (Å²) in [5.74, 6) is -0.584. The predicted octanol–water partition coefficient (Wildman–Crippen LogP) is -0.172. The van der Waals surface area contributed by atoms with Gasteiger partial charge in [0.05, 0.1) is 33.0 Å². The van der Waals surface area contributed by atoms with Gasteiger partial charge in [-0.1, -0.05) is 0 Å². The van der Waals surface area contributed by atoms with Gasteiger partial charge in [-0.3, -0.25) is 0 Å². The Morgan fingerprint density at radius 2 is 1.22 bits per heavy atom. The van der Waals surface area contributed by atoms with Crippen LogP contribution in [0.15, 0.2) is 0 Å². The first-order valence-corrected chi connectivity index (χ1v) is 5.63. The van der Waals surface area contributed by atoms with Crippen LogP contribution in [0.4, 0.5) is 0 Å².